The molecule has 0 bridgehead atoms. The lowest BCUT2D eigenvalue weighted by molar-refractivity contribution is 0.602. The summed E-state index contributed by atoms with van der Waals surface area (Å²) in [6.45, 7) is 0. The van der Waals surface area contributed by atoms with Crippen molar-refractivity contribution >= 4 is 32.6 Å². The molecule has 0 unspecified atom stereocenters. The number of aromatic nitrogens is 2. The summed E-state index contributed by atoms with van der Waals surface area (Å²) in [4.78, 5) is 0.285. The molecule has 0 aliphatic rings. The van der Waals surface area contributed by atoms with Gasteiger partial charge in [0.15, 0.2) is 9.84 Å². The summed E-state index contributed by atoms with van der Waals surface area (Å²) in [6.07, 6.45) is 1.17. The quantitative estimate of drug-likeness (QED) is 0.713. The first kappa shape index (κ1) is 8.58. The first-order valence-electron chi connectivity index (χ1n) is 3.50. The molecular formula is C7H6N2O2S2. The SMILES string of the molecule is CS(=O)(=O)c1ccc2nsnc2c1. The highest BCUT2D eigenvalue weighted by molar-refractivity contribution is 7.90. The van der Waals surface area contributed by atoms with E-state index in [0.29, 0.717) is 5.52 Å². The lowest BCUT2D eigenvalue weighted by atomic mass is 10.3. The van der Waals surface area contributed by atoms with Crippen LogP contribution in [-0.4, -0.2) is 23.4 Å². The van der Waals surface area contributed by atoms with E-state index in [9.17, 15) is 8.42 Å². The van der Waals surface area contributed by atoms with Gasteiger partial charge in [0.2, 0.25) is 0 Å². The van der Waals surface area contributed by atoms with Crippen LogP contribution in [0.15, 0.2) is 23.1 Å². The fourth-order valence-electron chi connectivity index (χ4n) is 0.993. The maximum atomic E-state index is 11.2. The normalized spacial score (nSPS) is 12.1. The van der Waals surface area contributed by atoms with E-state index < -0.39 is 9.84 Å². The smallest absolute Gasteiger partial charge is 0.175 e. The van der Waals surface area contributed by atoms with Gasteiger partial charge in [0.25, 0.3) is 0 Å². The number of benzene rings is 1. The Kier molecular flexibility index (Phi) is 1.81. The molecule has 0 saturated heterocycles. The van der Waals surface area contributed by atoms with E-state index in [1.807, 2.05) is 0 Å². The van der Waals surface area contributed by atoms with Crippen LogP contribution < -0.4 is 0 Å². The molecule has 0 amide bonds. The minimum absolute atomic E-state index is 0.285. The molecule has 0 N–H and O–H groups in total. The zero-order chi connectivity index (χ0) is 9.47. The maximum Gasteiger partial charge on any atom is 0.175 e. The second kappa shape index (κ2) is 2.74. The third kappa shape index (κ3) is 1.54. The van der Waals surface area contributed by atoms with Gasteiger partial charge in [-0.2, -0.15) is 8.75 Å². The van der Waals surface area contributed by atoms with E-state index in [4.69, 9.17) is 0 Å². The number of fused-ring (bicyclic) bond motifs is 1. The van der Waals surface area contributed by atoms with Crippen molar-refractivity contribution in [3.05, 3.63) is 18.2 Å². The van der Waals surface area contributed by atoms with Crippen LogP contribution in [0.4, 0.5) is 0 Å². The molecular weight excluding hydrogens is 208 g/mol. The van der Waals surface area contributed by atoms with Gasteiger partial charge in [0.05, 0.1) is 16.6 Å². The Morgan fingerprint density at radius 3 is 2.62 bits per heavy atom. The van der Waals surface area contributed by atoms with Crippen molar-refractivity contribution in [2.24, 2.45) is 0 Å². The van der Waals surface area contributed by atoms with Crippen molar-refractivity contribution in [2.45, 2.75) is 4.90 Å². The predicted molar refractivity (Wildman–Crippen MR) is 50.5 cm³/mol. The summed E-state index contributed by atoms with van der Waals surface area (Å²) >= 11 is 1.08. The Morgan fingerprint density at radius 1 is 1.23 bits per heavy atom. The zero-order valence-corrected chi connectivity index (χ0v) is 8.39. The summed E-state index contributed by atoms with van der Waals surface area (Å²) in [6, 6.07) is 4.74. The molecule has 4 nitrogen and oxygen atoms in total. The number of sulfone groups is 1. The molecule has 1 heterocycles. The van der Waals surface area contributed by atoms with E-state index in [0.717, 1.165) is 17.2 Å². The minimum atomic E-state index is -3.14. The zero-order valence-electron chi connectivity index (χ0n) is 6.76. The fraction of sp³-hybridized carbons (Fsp3) is 0.143. The molecule has 13 heavy (non-hydrogen) atoms. The second-order valence-electron chi connectivity index (χ2n) is 2.69. The Hall–Kier alpha value is -1.01. The van der Waals surface area contributed by atoms with Crippen LogP contribution >= 0.6 is 11.7 Å². The predicted octanol–water partition coefficient (Wildman–Crippen LogP) is 1.09. The lowest BCUT2D eigenvalue weighted by Crippen LogP contribution is -1.96. The number of hydrogen-bond donors (Lipinski definition) is 0. The third-order valence-electron chi connectivity index (χ3n) is 1.65. The molecule has 0 aliphatic carbocycles. The first-order chi connectivity index (χ1) is 6.07. The average Bonchev–Trinajstić information content (AvgIpc) is 2.47. The van der Waals surface area contributed by atoms with Crippen LogP contribution in [0, 0.1) is 0 Å². The van der Waals surface area contributed by atoms with Crippen LogP contribution in [0.1, 0.15) is 0 Å². The molecule has 0 radical (unpaired) electrons. The molecule has 0 fully saturated rings. The van der Waals surface area contributed by atoms with Crippen molar-refractivity contribution in [3.63, 3.8) is 0 Å². The highest BCUT2D eigenvalue weighted by atomic mass is 32.2. The molecule has 6 heteroatoms. The van der Waals surface area contributed by atoms with Crippen LogP contribution in [0.25, 0.3) is 11.0 Å². The molecule has 2 aromatic rings. The molecule has 0 atom stereocenters. The second-order valence-corrected chi connectivity index (χ2v) is 5.23. The van der Waals surface area contributed by atoms with Crippen molar-refractivity contribution in [1.29, 1.82) is 0 Å². The highest BCUT2D eigenvalue weighted by Gasteiger charge is 2.08. The van der Waals surface area contributed by atoms with Gasteiger partial charge in [-0.15, -0.1) is 0 Å². The van der Waals surface area contributed by atoms with Crippen LogP contribution in [-0.2, 0) is 9.84 Å². The fourth-order valence-corrected chi connectivity index (χ4v) is 2.15. The van der Waals surface area contributed by atoms with E-state index in [2.05, 4.69) is 8.75 Å². The molecule has 68 valence electrons. The first-order valence-corrected chi connectivity index (χ1v) is 6.12. The summed E-state index contributed by atoms with van der Waals surface area (Å²) in [5, 5.41) is 0. The van der Waals surface area contributed by atoms with Gasteiger partial charge in [0.1, 0.15) is 11.0 Å². The van der Waals surface area contributed by atoms with E-state index in [1.165, 1.54) is 12.3 Å². The van der Waals surface area contributed by atoms with Crippen LogP contribution in [0.3, 0.4) is 0 Å². The van der Waals surface area contributed by atoms with Gasteiger partial charge in [-0.25, -0.2) is 8.42 Å². The summed E-state index contributed by atoms with van der Waals surface area (Å²) in [5.74, 6) is 0. The topological polar surface area (TPSA) is 59.9 Å². The Morgan fingerprint density at radius 2 is 1.92 bits per heavy atom. The van der Waals surface area contributed by atoms with Gasteiger partial charge in [-0.3, -0.25) is 0 Å². The highest BCUT2D eigenvalue weighted by Crippen LogP contribution is 2.16. The number of nitrogens with zero attached hydrogens (tertiary/aromatic N) is 2. The summed E-state index contributed by atoms with van der Waals surface area (Å²) in [5.41, 5.74) is 1.37. The molecule has 0 saturated carbocycles. The lowest BCUT2D eigenvalue weighted by Gasteiger charge is -1.95. The third-order valence-corrected chi connectivity index (χ3v) is 3.32. The van der Waals surface area contributed by atoms with E-state index in [1.54, 1.807) is 12.1 Å². The van der Waals surface area contributed by atoms with E-state index in [-0.39, 0.29) is 4.90 Å². The van der Waals surface area contributed by atoms with Crippen molar-refractivity contribution in [2.75, 3.05) is 6.26 Å². The molecule has 1 aromatic carbocycles. The number of hydrogen-bond acceptors (Lipinski definition) is 5. The summed E-state index contributed by atoms with van der Waals surface area (Å²) in [7, 11) is -3.14. The van der Waals surface area contributed by atoms with Gasteiger partial charge >= 0.3 is 0 Å². The van der Waals surface area contributed by atoms with Crippen LogP contribution in [0.2, 0.25) is 0 Å². The molecule has 0 spiro atoms. The maximum absolute atomic E-state index is 11.2. The van der Waals surface area contributed by atoms with Gasteiger partial charge in [0, 0.05) is 6.26 Å². The van der Waals surface area contributed by atoms with Gasteiger partial charge in [-0.1, -0.05) is 0 Å². The standard InChI is InChI=1S/C7H6N2O2S2/c1-13(10,11)5-2-3-6-7(4-5)9-12-8-6/h2-4H,1H3. The average molecular weight is 214 g/mol. The van der Waals surface area contributed by atoms with E-state index >= 15 is 0 Å². The molecule has 2 rings (SSSR count). The monoisotopic (exact) mass is 214 g/mol. The number of rotatable bonds is 1. The Labute approximate surface area is 79.5 Å². The van der Waals surface area contributed by atoms with Crippen molar-refractivity contribution < 1.29 is 8.42 Å². The van der Waals surface area contributed by atoms with Gasteiger partial charge < -0.3 is 0 Å². The van der Waals surface area contributed by atoms with Gasteiger partial charge in [-0.05, 0) is 18.2 Å². The summed E-state index contributed by atoms with van der Waals surface area (Å²) < 4.78 is 30.2. The molecule has 1 aromatic heterocycles. The largest absolute Gasteiger partial charge is 0.224 e. The van der Waals surface area contributed by atoms with Crippen molar-refractivity contribution in [1.82, 2.24) is 8.75 Å². The molecule has 0 aliphatic heterocycles. The minimum Gasteiger partial charge on any atom is -0.224 e. The van der Waals surface area contributed by atoms with Crippen LogP contribution in [0.5, 0.6) is 0 Å². The Bertz CT molecular complexity index is 544. The van der Waals surface area contributed by atoms with Crippen molar-refractivity contribution in [3.8, 4) is 0 Å². The Balaban J connectivity index is 2.75.